The Hall–Kier alpha value is -1.33. The zero-order chi connectivity index (χ0) is 14.2. The van der Waals surface area contributed by atoms with Crippen LogP contribution in [0.5, 0.6) is 0 Å². The molecule has 0 radical (unpaired) electrons. The summed E-state index contributed by atoms with van der Waals surface area (Å²) in [7, 11) is -3.46. The predicted molar refractivity (Wildman–Crippen MR) is 77.5 cm³/mol. The number of hydrogen-bond acceptors (Lipinski definition) is 3. The van der Waals surface area contributed by atoms with Crippen LogP contribution in [0.2, 0.25) is 0 Å². The Morgan fingerprint density at radius 3 is 2.47 bits per heavy atom. The summed E-state index contributed by atoms with van der Waals surface area (Å²) >= 11 is 0. The molecule has 1 aliphatic rings. The minimum Gasteiger partial charge on any atom is -0.398 e. The second-order valence-corrected chi connectivity index (χ2v) is 6.96. The molecule has 2 rings (SSSR count). The summed E-state index contributed by atoms with van der Waals surface area (Å²) < 4.78 is 27.0. The maximum Gasteiger partial charge on any atom is 0.243 e. The summed E-state index contributed by atoms with van der Waals surface area (Å²) in [6.07, 6.45) is 2.76. The summed E-state index contributed by atoms with van der Waals surface area (Å²) in [5.41, 5.74) is 9.00. The third-order valence-electron chi connectivity index (χ3n) is 3.64. The highest BCUT2D eigenvalue weighted by Crippen LogP contribution is 2.28. The summed E-state index contributed by atoms with van der Waals surface area (Å²) in [4.78, 5) is 0.362. The van der Waals surface area contributed by atoms with Crippen LogP contribution in [0.3, 0.4) is 0 Å². The second-order valence-electron chi connectivity index (χ2n) is 5.09. The van der Waals surface area contributed by atoms with E-state index in [1.165, 1.54) is 9.88 Å². The highest BCUT2D eigenvalue weighted by molar-refractivity contribution is 7.89. The van der Waals surface area contributed by atoms with Crippen LogP contribution in [-0.4, -0.2) is 25.8 Å². The molecule has 0 bridgehead atoms. The predicted octanol–water partition coefficient (Wildman–Crippen LogP) is 2.23. The second kappa shape index (κ2) is 4.98. The number of aryl methyl sites for hydroxylation is 1. The van der Waals surface area contributed by atoms with E-state index in [1.807, 2.05) is 19.9 Å². The highest BCUT2D eigenvalue weighted by Gasteiger charge is 2.28. The van der Waals surface area contributed by atoms with Crippen molar-refractivity contribution in [3.05, 3.63) is 34.9 Å². The first-order chi connectivity index (χ1) is 8.84. The highest BCUT2D eigenvalue weighted by atomic mass is 32.2. The summed E-state index contributed by atoms with van der Waals surface area (Å²) in [5.74, 6) is 0. The van der Waals surface area contributed by atoms with Crippen molar-refractivity contribution < 1.29 is 8.42 Å². The zero-order valence-corrected chi connectivity index (χ0v) is 12.4. The first kappa shape index (κ1) is 14.1. The molecule has 19 heavy (non-hydrogen) atoms. The van der Waals surface area contributed by atoms with E-state index in [0.29, 0.717) is 29.2 Å². The van der Waals surface area contributed by atoms with Crippen LogP contribution < -0.4 is 5.73 Å². The minimum absolute atomic E-state index is 0.362. The van der Waals surface area contributed by atoms with Gasteiger partial charge in [0, 0.05) is 18.8 Å². The van der Waals surface area contributed by atoms with Crippen molar-refractivity contribution in [2.24, 2.45) is 0 Å². The molecule has 0 atom stereocenters. The lowest BCUT2D eigenvalue weighted by Gasteiger charge is -2.26. The normalized spacial score (nSPS) is 17.3. The third-order valence-corrected chi connectivity index (χ3v) is 5.80. The van der Waals surface area contributed by atoms with Crippen LogP contribution in [-0.2, 0) is 10.0 Å². The van der Waals surface area contributed by atoms with Gasteiger partial charge in [-0.25, -0.2) is 8.42 Å². The van der Waals surface area contributed by atoms with E-state index in [9.17, 15) is 8.42 Å². The third kappa shape index (κ3) is 2.53. The Morgan fingerprint density at radius 2 is 1.89 bits per heavy atom. The van der Waals surface area contributed by atoms with Crippen molar-refractivity contribution in [3.8, 4) is 0 Å². The molecule has 1 aliphatic heterocycles. The molecule has 0 unspecified atom stereocenters. The lowest BCUT2D eigenvalue weighted by molar-refractivity contribution is 0.430. The van der Waals surface area contributed by atoms with Gasteiger partial charge in [-0.15, -0.1) is 0 Å². The van der Waals surface area contributed by atoms with Gasteiger partial charge in [-0.2, -0.15) is 4.31 Å². The standard InChI is InChI=1S/C14H20N2O2S/c1-10-6-8-16(9-7-10)19(17,18)14-11(2)4-5-13(15)12(14)3/h4-6H,7-9,15H2,1-3H3. The van der Waals surface area contributed by atoms with E-state index in [1.54, 1.807) is 19.1 Å². The molecule has 0 spiro atoms. The first-order valence-corrected chi connectivity index (χ1v) is 7.79. The van der Waals surface area contributed by atoms with E-state index in [4.69, 9.17) is 5.73 Å². The van der Waals surface area contributed by atoms with Crippen LogP contribution in [0.4, 0.5) is 5.69 Å². The SMILES string of the molecule is CC1=CCN(S(=O)(=O)c2c(C)ccc(N)c2C)CC1. The van der Waals surface area contributed by atoms with Gasteiger partial charge in [0.25, 0.3) is 0 Å². The maximum atomic E-state index is 12.7. The van der Waals surface area contributed by atoms with Gasteiger partial charge in [-0.1, -0.05) is 17.7 Å². The van der Waals surface area contributed by atoms with Crippen molar-refractivity contribution in [1.29, 1.82) is 0 Å². The summed E-state index contributed by atoms with van der Waals surface area (Å²) in [6.45, 7) is 6.59. The Morgan fingerprint density at radius 1 is 1.21 bits per heavy atom. The molecule has 0 aliphatic carbocycles. The van der Waals surface area contributed by atoms with Gasteiger partial charge < -0.3 is 5.73 Å². The average Bonchev–Trinajstić information content (AvgIpc) is 2.34. The number of hydrogen-bond donors (Lipinski definition) is 1. The fraction of sp³-hybridized carbons (Fsp3) is 0.429. The van der Waals surface area contributed by atoms with Crippen molar-refractivity contribution in [3.63, 3.8) is 0 Å². The van der Waals surface area contributed by atoms with E-state index in [0.717, 1.165) is 12.0 Å². The molecule has 5 heteroatoms. The van der Waals surface area contributed by atoms with E-state index < -0.39 is 10.0 Å². The van der Waals surface area contributed by atoms with Gasteiger partial charge in [0.2, 0.25) is 10.0 Å². The first-order valence-electron chi connectivity index (χ1n) is 6.35. The monoisotopic (exact) mass is 280 g/mol. The molecule has 1 aromatic rings. The van der Waals surface area contributed by atoms with Crippen LogP contribution in [0.25, 0.3) is 0 Å². The molecule has 0 saturated carbocycles. The fourth-order valence-corrected chi connectivity index (χ4v) is 4.18. The van der Waals surface area contributed by atoms with Gasteiger partial charge in [0.15, 0.2) is 0 Å². The number of nitrogens with zero attached hydrogens (tertiary/aromatic N) is 1. The van der Waals surface area contributed by atoms with Gasteiger partial charge in [-0.3, -0.25) is 0 Å². The number of nitrogens with two attached hydrogens (primary N) is 1. The number of nitrogen functional groups attached to an aromatic ring is 1. The molecule has 0 aromatic heterocycles. The van der Waals surface area contributed by atoms with Crippen LogP contribution >= 0.6 is 0 Å². The van der Waals surface area contributed by atoms with Gasteiger partial charge >= 0.3 is 0 Å². The lowest BCUT2D eigenvalue weighted by Crippen LogP contribution is -2.35. The van der Waals surface area contributed by atoms with Crippen molar-refractivity contribution >= 4 is 15.7 Å². The largest absolute Gasteiger partial charge is 0.398 e. The lowest BCUT2D eigenvalue weighted by atomic mass is 10.1. The Bertz CT molecular complexity index is 633. The van der Waals surface area contributed by atoms with Crippen LogP contribution in [0.15, 0.2) is 28.7 Å². The molecule has 1 heterocycles. The number of benzene rings is 1. The molecule has 104 valence electrons. The Labute approximate surface area is 115 Å². The van der Waals surface area contributed by atoms with E-state index in [-0.39, 0.29) is 0 Å². The molecule has 0 fully saturated rings. The quantitative estimate of drug-likeness (QED) is 0.667. The number of sulfonamides is 1. The van der Waals surface area contributed by atoms with E-state index >= 15 is 0 Å². The summed E-state index contributed by atoms with van der Waals surface area (Å²) in [5, 5.41) is 0. The number of anilines is 1. The van der Waals surface area contributed by atoms with Crippen molar-refractivity contribution in [1.82, 2.24) is 4.31 Å². The van der Waals surface area contributed by atoms with Crippen molar-refractivity contribution in [2.75, 3.05) is 18.8 Å². The maximum absolute atomic E-state index is 12.7. The number of rotatable bonds is 2. The molecular formula is C14H20N2O2S. The molecular weight excluding hydrogens is 260 g/mol. The molecule has 0 saturated heterocycles. The van der Waals surface area contributed by atoms with Crippen molar-refractivity contribution in [2.45, 2.75) is 32.1 Å². The van der Waals surface area contributed by atoms with Crippen LogP contribution in [0.1, 0.15) is 24.5 Å². The average molecular weight is 280 g/mol. The van der Waals surface area contributed by atoms with Gasteiger partial charge in [0.1, 0.15) is 0 Å². The molecule has 4 nitrogen and oxygen atoms in total. The minimum atomic E-state index is -3.46. The Kier molecular flexibility index (Phi) is 3.69. The van der Waals surface area contributed by atoms with Gasteiger partial charge in [-0.05, 0) is 44.4 Å². The Balaban J connectivity index is 2.49. The molecule has 2 N–H and O–H groups in total. The summed E-state index contributed by atoms with van der Waals surface area (Å²) in [6, 6.07) is 3.52. The van der Waals surface area contributed by atoms with E-state index in [2.05, 4.69) is 0 Å². The zero-order valence-electron chi connectivity index (χ0n) is 11.6. The fourth-order valence-electron chi connectivity index (χ4n) is 2.34. The van der Waals surface area contributed by atoms with Gasteiger partial charge in [0.05, 0.1) is 4.90 Å². The molecule has 1 aromatic carbocycles. The smallest absolute Gasteiger partial charge is 0.243 e. The topological polar surface area (TPSA) is 63.4 Å². The molecule has 0 amide bonds. The van der Waals surface area contributed by atoms with Crippen LogP contribution in [0, 0.1) is 13.8 Å².